The fourth-order valence-electron chi connectivity index (χ4n) is 4.29. The molecule has 0 spiro atoms. The van der Waals surface area contributed by atoms with Gasteiger partial charge in [-0.05, 0) is 48.6 Å². The molecule has 41 heavy (non-hydrogen) atoms. The second-order valence-electron chi connectivity index (χ2n) is 9.19. The number of nitrogens with zero attached hydrogens (tertiary/aromatic N) is 1. The summed E-state index contributed by atoms with van der Waals surface area (Å²) in [7, 11) is -4.09. The van der Waals surface area contributed by atoms with Crippen LogP contribution >= 0.6 is 11.6 Å². The van der Waals surface area contributed by atoms with Crippen molar-refractivity contribution in [2.75, 3.05) is 6.54 Å². The maximum absolute atomic E-state index is 13.9. The Morgan fingerprint density at radius 3 is 2.44 bits per heavy atom. The summed E-state index contributed by atoms with van der Waals surface area (Å²) in [6.45, 7) is 0.394. The topological polar surface area (TPSA) is 150 Å². The lowest BCUT2D eigenvalue weighted by atomic mass is 10.00. The number of carbonyl (C=O) groups excluding carboxylic acids is 1. The predicted octanol–water partition coefficient (Wildman–Crippen LogP) is 4.52. The molecule has 1 heterocycles. The number of aryl methyl sites for hydroxylation is 1. The van der Waals surface area contributed by atoms with E-state index >= 15 is 0 Å². The van der Waals surface area contributed by atoms with Crippen molar-refractivity contribution in [3.8, 4) is 5.75 Å². The number of aromatic nitrogens is 2. The maximum Gasteiger partial charge on any atom is 0.378 e. The molecule has 0 aliphatic carbocycles. The van der Waals surface area contributed by atoms with E-state index in [-0.39, 0.29) is 38.6 Å². The van der Waals surface area contributed by atoms with Crippen LogP contribution in [-0.2, 0) is 26.0 Å². The molecule has 3 aromatic carbocycles. The van der Waals surface area contributed by atoms with Gasteiger partial charge in [-0.1, -0.05) is 60.1 Å². The van der Waals surface area contributed by atoms with E-state index in [2.05, 4.69) is 20.2 Å². The van der Waals surface area contributed by atoms with Gasteiger partial charge in [-0.25, -0.2) is 17.9 Å². The molecule has 1 aromatic heterocycles. The summed E-state index contributed by atoms with van der Waals surface area (Å²) >= 11 is 6.34. The van der Waals surface area contributed by atoms with Gasteiger partial charge >= 0.3 is 12.3 Å². The lowest BCUT2D eigenvalue weighted by Crippen LogP contribution is -2.34. The average molecular weight is 603 g/mol. The number of sulfonamides is 1. The minimum Gasteiger partial charge on any atom is -0.476 e. The van der Waals surface area contributed by atoms with E-state index in [0.717, 1.165) is 19.3 Å². The van der Waals surface area contributed by atoms with E-state index in [1.54, 1.807) is 18.2 Å². The number of aromatic amines is 1. The van der Waals surface area contributed by atoms with E-state index in [9.17, 15) is 22.4 Å². The van der Waals surface area contributed by atoms with E-state index in [1.807, 2.05) is 30.3 Å². The number of carboxylic acids is 1. The summed E-state index contributed by atoms with van der Waals surface area (Å²) in [5.74, 6) is -2.58. The van der Waals surface area contributed by atoms with Crippen molar-refractivity contribution < 1.29 is 32.2 Å². The van der Waals surface area contributed by atoms with Crippen molar-refractivity contribution in [3.63, 3.8) is 0 Å². The molecule has 10 nitrogen and oxygen atoms in total. The number of rotatable bonds is 14. The number of nitrogens with one attached hydrogen (secondary N) is 3. The number of hydrogen-bond acceptors (Lipinski definition) is 6. The van der Waals surface area contributed by atoms with Crippen LogP contribution in [-0.4, -0.2) is 48.5 Å². The molecule has 2 unspecified atom stereocenters. The Balaban J connectivity index is 1.56. The van der Waals surface area contributed by atoms with Gasteiger partial charge in [0.25, 0.3) is 0 Å². The van der Waals surface area contributed by atoms with Gasteiger partial charge in [0.1, 0.15) is 5.52 Å². The SMILES string of the molecule is O=C(CC(NS(=O)(=O)c1ccccc1)c1cc(Cl)c(OC(F)C(=O)O)c2[nH]ncc12)NCCCCc1ccccc1. The Morgan fingerprint density at radius 1 is 1.07 bits per heavy atom. The number of H-pyrrole nitrogens is 1. The Labute approximate surface area is 240 Å². The van der Waals surface area contributed by atoms with Crippen LogP contribution in [0.25, 0.3) is 10.9 Å². The largest absolute Gasteiger partial charge is 0.476 e. The van der Waals surface area contributed by atoms with Crippen molar-refractivity contribution in [1.82, 2.24) is 20.2 Å². The smallest absolute Gasteiger partial charge is 0.378 e. The van der Waals surface area contributed by atoms with Crippen LogP contribution in [0.5, 0.6) is 5.75 Å². The normalized spacial score (nSPS) is 13.0. The molecule has 13 heteroatoms. The molecule has 4 N–H and O–H groups in total. The van der Waals surface area contributed by atoms with E-state index in [0.29, 0.717) is 6.54 Å². The second kappa shape index (κ2) is 13.6. The van der Waals surface area contributed by atoms with Gasteiger partial charge in [0, 0.05) is 18.4 Å². The fourth-order valence-corrected chi connectivity index (χ4v) is 5.78. The molecule has 2 atom stereocenters. The van der Waals surface area contributed by atoms with E-state index in [1.165, 1.54) is 30.0 Å². The number of hydrogen-bond donors (Lipinski definition) is 4. The van der Waals surface area contributed by atoms with Crippen LogP contribution in [0.15, 0.2) is 77.8 Å². The number of alkyl halides is 1. The first kappa shape index (κ1) is 30.0. The molecular weight excluding hydrogens is 575 g/mol. The van der Waals surface area contributed by atoms with Gasteiger partial charge in [-0.2, -0.15) is 9.49 Å². The van der Waals surface area contributed by atoms with Gasteiger partial charge in [0.2, 0.25) is 15.9 Å². The first-order valence-corrected chi connectivity index (χ1v) is 14.6. The minimum atomic E-state index is -4.09. The number of aliphatic carboxylic acids is 1. The van der Waals surface area contributed by atoms with Crippen molar-refractivity contribution in [3.05, 3.63) is 89.1 Å². The Hall–Kier alpha value is -4.00. The number of fused-ring (bicyclic) bond motifs is 1. The van der Waals surface area contributed by atoms with Crippen LogP contribution in [0.3, 0.4) is 0 Å². The van der Waals surface area contributed by atoms with Crippen LogP contribution in [0.4, 0.5) is 4.39 Å². The van der Waals surface area contributed by atoms with Crippen LogP contribution < -0.4 is 14.8 Å². The van der Waals surface area contributed by atoms with Crippen LogP contribution in [0.2, 0.25) is 5.02 Å². The molecule has 0 aliphatic rings. The van der Waals surface area contributed by atoms with E-state index in [4.69, 9.17) is 21.4 Å². The number of carbonyl (C=O) groups is 2. The molecule has 0 fully saturated rings. The highest BCUT2D eigenvalue weighted by molar-refractivity contribution is 7.89. The standard InChI is InChI=1S/C28H28ClFN4O6S/c29-22-15-20(21-17-32-33-25(21)26(22)40-27(30)28(36)37)23(34-41(38,39)19-12-5-2-6-13-19)16-24(35)31-14-8-7-11-18-9-3-1-4-10-18/h1-6,9-10,12-13,15,17,23,27,34H,7-8,11,14,16H2,(H,31,35)(H,32,33)(H,36,37). The Bertz CT molecular complexity index is 1600. The van der Waals surface area contributed by atoms with Crippen molar-refractivity contribution in [2.45, 2.75) is 43.0 Å². The van der Waals surface area contributed by atoms with Gasteiger partial charge in [-0.15, -0.1) is 0 Å². The molecule has 4 rings (SSSR count). The molecule has 0 bridgehead atoms. The van der Waals surface area contributed by atoms with Gasteiger partial charge in [0.05, 0.1) is 22.2 Å². The first-order chi connectivity index (χ1) is 19.7. The lowest BCUT2D eigenvalue weighted by molar-refractivity contribution is -0.153. The van der Waals surface area contributed by atoms with Crippen LogP contribution in [0, 0.1) is 0 Å². The predicted molar refractivity (Wildman–Crippen MR) is 151 cm³/mol. The molecule has 216 valence electrons. The van der Waals surface area contributed by atoms with Crippen LogP contribution in [0.1, 0.15) is 36.4 Å². The third kappa shape index (κ3) is 7.81. The molecule has 1 amide bonds. The number of amides is 1. The maximum atomic E-state index is 13.9. The van der Waals surface area contributed by atoms with Gasteiger partial charge < -0.3 is 15.2 Å². The monoisotopic (exact) mass is 602 g/mol. The highest BCUT2D eigenvalue weighted by Gasteiger charge is 2.29. The summed E-state index contributed by atoms with van der Waals surface area (Å²) in [6.07, 6.45) is 0.773. The molecule has 0 saturated heterocycles. The number of unbranched alkanes of at least 4 members (excludes halogenated alkanes) is 1. The lowest BCUT2D eigenvalue weighted by Gasteiger charge is -2.21. The molecule has 0 saturated carbocycles. The van der Waals surface area contributed by atoms with Crippen molar-refractivity contribution in [2.24, 2.45) is 0 Å². The van der Waals surface area contributed by atoms with E-state index < -0.39 is 34.3 Å². The number of halogens is 2. The highest BCUT2D eigenvalue weighted by Crippen LogP contribution is 2.39. The molecule has 0 aliphatic heterocycles. The van der Waals surface area contributed by atoms with Gasteiger partial charge in [0.15, 0.2) is 5.75 Å². The molecule has 4 aromatic rings. The average Bonchev–Trinajstić information content (AvgIpc) is 3.44. The summed E-state index contributed by atoms with van der Waals surface area (Å²) in [5, 5.41) is 18.3. The summed E-state index contributed by atoms with van der Waals surface area (Å²) in [6, 6.07) is 17.8. The molecule has 0 radical (unpaired) electrons. The van der Waals surface area contributed by atoms with Crippen molar-refractivity contribution >= 4 is 44.4 Å². The third-order valence-electron chi connectivity index (χ3n) is 6.27. The number of ether oxygens (including phenoxy) is 1. The zero-order valence-electron chi connectivity index (χ0n) is 21.7. The Morgan fingerprint density at radius 2 is 1.76 bits per heavy atom. The second-order valence-corrected chi connectivity index (χ2v) is 11.3. The zero-order valence-corrected chi connectivity index (χ0v) is 23.3. The third-order valence-corrected chi connectivity index (χ3v) is 8.03. The first-order valence-electron chi connectivity index (χ1n) is 12.7. The Kier molecular flexibility index (Phi) is 9.92. The molecular formula is C28H28ClFN4O6S. The quantitative estimate of drug-likeness (QED) is 0.155. The fraction of sp³-hybridized carbons (Fsp3) is 0.250. The zero-order chi connectivity index (χ0) is 29.4. The number of benzene rings is 3. The summed E-state index contributed by atoms with van der Waals surface area (Å²) in [4.78, 5) is 24.0. The minimum absolute atomic E-state index is 0.0115. The summed E-state index contributed by atoms with van der Waals surface area (Å²) in [5.41, 5.74) is 1.50. The summed E-state index contributed by atoms with van der Waals surface area (Å²) < 4.78 is 47.8. The van der Waals surface area contributed by atoms with Crippen molar-refractivity contribution in [1.29, 1.82) is 0 Å². The number of carboxylic acid groups (broad SMARTS) is 1. The highest BCUT2D eigenvalue weighted by atomic mass is 35.5. The van der Waals surface area contributed by atoms with Gasteiger partial charge in [-0.3, -0.25) is 9.89 Å².